The lowest BCUT2D eigenvalue weighted by Crippen LogP contribution is -2.49. The Morgan fingerprint density at radius 1 is 1.28 bits per heavy atom. The smallest absolute Gasteiger partial charge is 0.213 e. The van der Waals surface area contributed by atoms with E-state index in [1.165, 1.54) is 22.4 Å². The largest absolute Gasteiger partial charge is 0.289 e. The number of benzene rings is 1. The van der Waals surface area contributed by atoms with Crippen molar-refractivity contribution >= 4 is 6.21 Å². The quantitative estimate of drug-likeness (QED) is 0.407. The Kier molecular flexibility index (Phi) is 4.98. The lowest BCUT2D eigenvalue weighted by Gasteiger charge is -2.32. The summed E-state index contributed by atoms with van der Waals surface area (Å²) in [7, 11) is 0. The number of aliphatic imine (C=N–C) groups is 1. The van der Waals surface area contributed by atoms with Crippen LogP contribution in [0.25, 0.3) is 11.3 Å². The lowest BCUT2D eigenvalue weighted by atomic mass is 9.78. The number of pyridine rings is 1. The fourth-order valence-corrected chi connectivity index (χ4v) is 3.85. The molecule has 0 saturated heterocycles. The van der Waals surface area contributed by atoms with Crippen molar-refractivity contribution in [2.24, 2.45) is 4.99 Å². The SMILES string of the molecule is C=CC1C(C(CC)/N=C/C(=C)C)c2ccccc2-c2ccc(C)c[n+]21. The number of hydrogen-bond acceptors (Lipinski definition) is 1. The van der Waals surface area contributed by atoms with Crippen LogP contribution in [-0.4, -0.2) is 12.3 Å². The van der Waals surface area contributed by atoms with Crippen LogP contribution in [0.5, 0.6) is 0 Å². The second-order valence-electron chi connectivity index (χ2n) is 6.94. The number of aryl methyl sites for hydroxylation is 1. The van der Waals surface area contributed by atoms with Gasteiger partial charge in [0, 0.05) is 23.4 Å². The van der Waals surface area contributed by atoms with E-state index in [9.17, 15) is 0 Å². The lowest BCUT2D eigenvalue weighted by molar-refractivity contribution is -0.707. The molecular weight excluding hydrogens is 304 g/mol. The van der Waals surface area contributed by atoms with Crippen LogP contribution < -0.4 is 4.57 Å². The van der Waals surface area contributed by atoms with Crippen molar-refractivity contribution in [3.8, 4) is 11.3 Å². The first kappa shape index (κ1) is 17.3. The summed E-state index contributed by atoms with van der Waals surface area (Å²) in [5.74, 6) is 0.272. The fraction of sp³-hybridized carbons (Fsp3) is 0.304. The highest BCUT2D eigenvalue weighted by atomic mass is 15.0. The van der Waals surface area contributed by atoms with E-state index in [0.29, 0.717) is 0 Å². The van der Waals surface area contributed by atoms with Crippen molar-refractivity contribution in [1.82, 2.24) is 0 Å². The molecule has 25 heavy (non-hydrogen) atoms. The average molecular weight is 331 g/mol. The molecule has 0 radical (unpaired) electrons. The first-order valence-corrected chi connectivity index (χ1v) is 8.99. The van der Waals surface area contributed by atoms with Gasteiger partial charge in [-0.3, -0.25) is 4.99 Å². The van der Waals surface area contributed by atoms with Crippen LogP contribution in [-0.2, 0) is 0 Å². The van der Waals surface area contributed by atoms with Crippen LogP contribution in [0, 0.1) is 6.92 Å². The molecule has 128 valence electrons. The highest BCUT2D eigenvalue weighted by molar-refractivity contribution is 5.77. The third-order valence-electron chi connectivity index (χ3n) is 4.97. The molecule has 2 heterocycles. The Morgan fingerprint density at radius 2 is 2.04 bits per heavy atom. The summed E-state index contributed by atoms with van der Waals surface area (Å²) in [5.41, 5.74) is 6.16. The van der Waals surface area contributed by atoms with E-state index in [2.05, 4.69) is 80.2 Å². The highest BCUT2D eigenvalue weighted by Gasteiger charge is 2.41. The Hall–Kier alpha value is -2.48. The molecule has 0 fully saturated rings. The number of nitrogens with zero attached hydrogens (tertiary/aromatic N) is 2. The van der Waals surface area contributed by atoms with Crippen molar-refractivity contribution in [2.75, 3.05) is 0 Å². The summed E-state index contributed by atoms with van der Waals surface area (Å²) >= 11 is 0. The summed E-state index contributed by atoms with van der Waals surface area (Å²) in [6, 6.07) is 13.5. The van der Waals surface area contributed by atoms with E-state index in [1.54, 1.807) is 0 Å². The predicted molar refractivity (Wildman–Crippen MR) is 106 cm³/mol. The van der Waals surface area contributed by atoms with E-state index in [0.717, 1.165) is 12.0 Å². The molecule has 0 aliphatic carbocycles. The predicted octanol–water partition coefficient (Wildman–Crippen LogP) is 5.20. The minimum Gasteiger partial charge on any atom is -0.289 e. The normalized spacial score (nSPS) is 20.0. The average Bonchev–Trinajstić information content (AvgIpc) is 2.61. The maximum atomic E-state index is 4.87. The molecule has 0 saturated carbocycles. The van der Waals surface area contributed by atoms with Gasteiger partial charge in [-0.2, -0.15) is 4.57 Å². The summed E-state index contributed by atoms with van der Waals surface area (Å²) in [4.78, 5) is 4.87. The van der Waals surface area contributed by atoms with Gasteiger partial charge >= 0.3 is 0 Å². The second kappa shape index (κ2) is 7.18. The highest BCUT2D eigenvalue weighted by Crippen LogP contribution is 2.42. The molecule has 1 aromatic heterocycles. The van der Waals surface area contributed by atoms with Crippen LogP contribution in [0.15, 0.2) is 72.4 Å². The first-order chi connectivity index (χ1) is 12.1. The van der Waals surface area contributed by atoms with Crippen LogP contribution in [0.4, 0.5) is 0 Å². The van der Waals surface area contributed by atoms with Gasteiger partial charge in [-0.15, -0.1) is 0 Å². The van der Waals surface area contributed by atoms with E-state index in [4.69, 9.17) is 4.99 Å². The van der Waals surface area contributed by atoms with E-state index >= 15 is 0 Å². The minimum absolute atomic E-state index is 0.192. The molecule has 2 nitrogen and oxygen atoms in total. The molecule has 1 aliphatic rings. The molecule has 3 rings (SSSR count). The molecule has 1 aliphatic heterocycles. The molecule has 1 aromatic carbocycles. The molecule has 0 spiro atoms. The van der Waals surface area contributed by atoms with Gasteiger partial charge in [0.2, 0.25) is 5.69 Å². The zero-order valence-corrected chi connectivity index (χ0v) is 15.4. The van der Waals surface area contributed by atoms with Gasteiger partial charge in [0.05, 0.1) is 12.0 Å². The van der Waals surface area contributed by atoms with E-state index in [1.807, 2.05) is 13.1 Å². The number of allylic oxidation sites excluding steroid dienone is 2. The van der Waals surface area contributed by atoms with Gasteiger partial charge in [-0.25, -0.2) is 0 Å². The summed E-state index contributed by atoms with van der Waals surface area (Å²) in [5, 5.41) is 0. The Labute approximate surface area is 151 Å². The molecule has 2 aromatic rings. The molecule has 0 amide bonds. The Balaban J connectivity index is 2.21. The molecule has 0 bridgehead atoms. The van der Waals surface area contributed by atoms with Crippen molar-refractivity contribution in [2.45, 2.75) is 45.2 Å². The van der Waals surface area contributed by atoms with Crippen molar-refractivity contribution in [1.29, 1.82) is 0 Å². The molecular formula is C23H27N2+. The van der Waals surface area contributed by atoms with Gasteiger partial charge in [-0.05, 0) is 49.6 Å². The van der Waals surface area contributed by atoms with Gasteiger partial charge in [0.15, 0.2) is 12.2 Å². The van der Waals surface area contributed by atoms with Crippen LogP contribution in [0.1, 0.15) is 43.4 Å². The van der Waals surface area contributed by atoms with E-state index in [-0.39, 0.29) is 18.0 Å². The number of aromatic nitrogens is 1. The number of fused-ring (bicyclic) bond motifs is 3. The zero-order valence-electron chi connectivity index (χ0n) is 15.4. The van der Waals surface area contributed by atoms with Gasteiger partial charge in [0.25, 0.3) is 0 Å². The van der Waals surface area contributed by atoms with Crippen LogP contribution in [0.2, 0.25) is 0 Å². The van der Waals surface area contributed by atoms with Crippen LogP contribution in [0.3, 0.4) is 0 Å². The summed E-state index contributed by atoms with van der Waals surface area (Å²) in [6.07, 6.45) is 7.20. The van der Waals surface area contributed by atoms with Gasteiger partial charge in [-0.1, -0.05) is 38.3 Å². The zero-order chi connectivity index (χ0) is 18.0. The monoisotopic (exact) mass is 331 g/mol. The Morgan fingerprint density at radius 3 is 2.72 bits per heavy atom. The number of rotatable bonds is 5. The van der Waals surface area contributed by atoms with Gasteiger partial charge < -0.3 is 0 Å². The maximum Gasteiger partial charge on any atom is 0.213 e. The second-order valence-corrected chi connectivity index (χ2v) is 6.94. The molecule has 3 unspecified atom stereocenters. The standard InChI is InChI=1S/C23H27N2/c1-6-20(24-14-16(3)4)23-19-11-9-8-10-18(19)22-13-12-17(5)15-25(22)21(23)7-2/h7-15,20-21,23H,2-3,6H2,1,4-5H3/q+1/b24-14+. The molecule has 3 atom stereocenters. The molecule has 2 heteroatoms. The third kappa shape index (κ3) is 3.21. The topological polar surface area (TPSA) is 16.2 Å². The maximum absolute atomic E-state index is 4.87. The third-order valence-corrected chi connectivity index (χ3v) is 4.97. The van der Waals surface area contributed by atoms with Crippen molar-refractivity contribution in [3.63, 3.8) is 0 Å². The van der Waals surface area contributed by atoms with Crippen molar-refractivity contribution in [3.05, 3.63) is 78.5 Å². The van der Waals surface area contributed by atoms with Gasteiger partial charge in [0.1, 0.15) is 0 Å². The molecule has 0 N–H and O–H groups in total. The minimum atomic E-state index is 0.192. The Bertz CT molecular complexity index is 832. The summed E-state index contributed by atoms with van der Waals surface area (Å²) in [6.45, 7) is 14.5. The first-order valence-electron chi connectivity index (χ1n) is 8.99. The van der Waals surface area contributed by atoms with Crippen LogP contribution >= 0.6 is 0 Å². The van der Waals surface area contributed by atoms with Crippen molar-refractivity contribution < 1.29 is 4.57 Å². The fourth-order valence-electron chi connectivity index (χ4n) is 3.85. The van der Waals surface area contributed by atoms with E-state index < -0.39 is 0 Å². The number of hydrogen-bond donors (Lipinski definition) is 0. The summed E-state index contributed by atoms with van der Waals surface area (Å²) < 4.78 is 2.37.